The van der Waals surface area contributed by atoms with Gasteiger partial charge in [-0.05, 0) is 53.6 Å². The van der Waals surface area contributed by atoms with Crippen molar-refractivity contribution < 1.29 is 0 Å². The van der Waals surface area contributed by atoms with E-state index in [1.807, 2.05) is 0 Å². The summed E-state index contributed by atoms with van der Waals surface area (Å²) in [5, 5.41) is 11.6. The van der Waals surface area contributed by atoms with Crippen LogP contribution in [0.4, 0.5) is 0 Å². The molecule has 0 bridgehead atoms. The van der Waals surface area contributed by atoms with Crippen molar-refractivity contribution in [2.24, 2.45) is 11.8 Å². The largest absolute Gasteiger partial charge is 0.312 e. The van der Waals surface area contributed by atoms with Crippen molar-refractivity contribution in [1.29, 1.82) is 0 Å². The molecule has 3 atom stereocenters. The van der Waals surface area contributed by atoms with Gasteiger partial charge in [0.1, 0.15) is 0 Å². The smallest absolute Gasteiger partial charge is 0.0224 e. The molecule has 3 heteroatoms. The molecule has 1 saturated heterocycles. The van der Waals surface area contributed by atoms with E-state index in [0.29, 0.717) is 0 Å². The zero-order valence-corrected chi connectivity index (χ0v) is 10.4. The van der Waals surface area contributed by atoms with Gasteiger partial charge in [0.2, 0.25) is 0 Å². The molecule has 0 spiro atoms. The Morgan fingerprint density at radius 3 is 3.31 bits per heavy atom. The van der Waals surface area contributed by atoms with Crippen molar-refractivity contribution in [3.63, 3.8) is 0 Å². The van der Waals surface area contributed by atoms with Crippen LogP contribution in [0, 0.1) is 11.8 Å². The maximum Gasteiger partial charge on any atom is 0.0224 e. The van der Waals surface area contributed by atoms with E-state index >= 15 is 0 Å². The van der Waals surface area contributed by atoms with E-state index in [1.165, 1.54) is 31.4 Å². The third-order valence-electron chi connectivity index (χ3n) is 4.15. The average molecular weight is 236 g/mol. The number of hydrogen-bond acceptors (Lipinski definition) is 3. The van der Waals surface area contributed by atoms with Crippen LogP contribution in [-0.4, -0.2) is 19.1 Å². The molecule has 88 valence electrons. The lowest BCUT2D eigenvalue weighted by molar-refractivity contribution is 0.393. The summed E-state index contributed by atoms with van der Waals surface area (Å²) < 4.78 is 0. The van der Waals surface area contributed by atoms with Gasteiger partial charge in [0.25, 0.3) is 0 Å². The van der Waals surface area contributed by atoms with Crippen LogP contribution >= 0.6 is 11.3 Å². The molecule has 2 N–H and O–H groups in total. The minimum absolute atomic E-state index is 0.728. The molecule has 2 nitrogen and oxygen atoms in total. The highest BCUT2D eigenvalue weighted by Gasteiger charge is 2.38. The lowest BCUT2D eigenvalue weighted by Crippen LogP contribution is -2.37. The summed E-state index contributed by atoms with van der Waals surface area (Å²) in [6, 6.07) is 2.93. The molecule has 16 heavy (non-hydrogen) atoms. The van der Waals surface area contributed by atoms with Crippen LogP contribution in [0.1, 0.15) is 24.8 Å². The second-order valence-corrected chi connectivity index (χ2v) is 5.91. The quantitative estimate of drug-likeness (QED) is 0.837. The first-order valence-corrected chi connectivity index (χ1v) is 7.33. The normalized spacial score (nSPS) is 33.1. The topological polar surface area (TPSA) is 24.1 Å². The van der Waals surface area contributed by atoms with E-state index in [0.717, 1.165) is 31.0 Å². The Morgan fingerprint density at radius 1 is 1.44 bits per heavy atom. The highest BCUT2D eigenvalue weighted by atomic mass is 32.1. The van der Waals surface area contributed by atoms with E-state index in [4.69, 9.17) is 0 Å². The van der Waals surface area contributed by atoms with E-state index in [2.05, 4.69) is 27.5 Å². The van der Waals surface area contributed by atoms with Gasteiger partial charge in [0, 0.05) is 19.1 Å². The Bertz CT molecular complexity index is 323. The first-order chi connectivity index (χ1) is 7.93. The Morgan fingerprint density at radius 2 is 2.44 bits per heavy atom. The zero-order valence-electron chi connectivity index (χ0n) is 9.61. The SMILES string of the molecule is c1cc(CNCC2NCC3CCCC32)cs1. The highest BCUT2D eigenvalue weighted by molar-refractivity contribution is 7.07. The number of fused-ring (bicyclic) bond motifs is 1. The maximum absolute atomic E-state index is 3.68. The fraction of sp³-hybridized carbons (Fsp3) is 0.692. The molecule has 0 radical (unpaired) electrons. The van der Waals surface area contributed by atoms with Crippen LogP contribution in [0.2, 0.25) is 0 Å². The molecule has 2 heterocycles. The van der Waals surface area contributed by atoms with E-state index < -0.39 is 0 Å². The summed E-state index contributed by atoms with van der Waals surface area (Å²) in [5.41, 5.74) is 1.42. The van der Waals surface area contributed by atoms with Gasteiger partial charge in [-0.2, -0.15) is 11.3 Å². The van der Waals surface area contributed by atoms with Gasteiger partial charge in [-0.1, -0.05) is 6.42 Å². The fourth-order valence-electron chi connectivity index (χ4n) is 3.29. The lowest BCUT2D eigenvalue weighted by Gasteiger charge is -2.18. The van der Waals surface area contributed by atoms with Crippen LogP contribution in [-0.2, 0) is 6.54 Å². The van der Waals surface area contributed by atoms with Gasteiger partial charge < -0.3 is 10.6 Å². The zero-order chi connectivity index (χ0) is 10.8. The average Bonchev–Trinajstić information content (AvgIpc) is 2.95. The van der Waals surface area contributed by atoms with Crippen molar-refractivity contribution in [3.05, 3.63) is 22.4 Å². The summed E-state index contributed by atoms with van der Waals surface area (Å²) in [6.07, 6.45) is 4.36. The number of hydrogen-bond donors (Lipinski definition) is 2. The lowest BCUT2D eigenvalue weighted by atomic mass is 9.94. The molecule has 1 saturated carbocycles. The van der Waals surface area contributed by atoms with Gasteiger partial charge in [0.05, 0.1) is 0 Å². The van der Waals surface area contributed by atoms with E-state index in [9.17, 15) is 0 Å². The van der Waals surface area contributed by atoms with Gasteiger partial charge in [-0.15, -0.1) is 0 Å². The molecule has 3 rings (SSSR count). The van der Waals surface area contributed by atoms with Crippen LogP contribution in [0.15, 0.2) is 16.8 Å². The van der Waals surface area contributed by atoms with Crippen molar-refractivity contribution in [3.8, 4) is 0 Å². The Kier molecular flexibility index (Phi) is 3.27. The molecular formula is C13H20N2S. The summed E-state index contributed by atoms with van der Waals surface area (Å²) in [4.78, 5) is 0. The summed E-state index contributed by atoms with van der Waals surface area (Å²) in [7, 11) is 0. The predicted molar refractivity (Wildman–Crippen MR) is 68.6 cm³/mol. The molecule has 0 amide bonds. The molecule has 1 aromatic heterocycles. The molecule has 3 unspecified atom stereocenters. The molecule has 1 aromatic rings. The van der Waals surface area contributed by atoms with Crippen molar-refractivity contribution >= 4 is 11.3 Å². The van der Waals surface area contributed by atoms with Crippen molar-refractivity contribution in [2.45, 2.75) is 31.8 Å². The number of nitrogens with one attached hydrogen (secondary N) is 2. The highest BCUT2D eigenvalue weighted by Crippen LogP contribution is 2.37. The van der Waals surface area contributed by atoms with E-state index in [1.54, 1.807) is 11.3 Å². The minimum Gasteiger partial charge on any atom is -0.312 e. The molecule has 1 aliphatic carbocycles. The molecular weight excluding hydrogens is 216 g/mol. The number of rotatable bonds is 4. The maximum atomic E-state index is 3.68. The Labute approximate surface area is 101 Å². The third kappa shape index (κ3) is 2.17. The molecule has 0 aromatic carbocycles. The summed E-state index contributed by atoms with van der Waals surface area (Å²) >= 11 is 1.78. The number of thiophene rings is 1. The molecule has 2 aliphatic rings. The first kappa shape index (κ1) is 10.8. The standard InChI is InChI=1S/C13H20N2S/c1-2-11-7-15-13(12(11)3-1)8-14-6-10-4-5-16-9-10/h4-5,9,11-15H,1-3,6-8H2. The fourth-order valence-corrected chi connectivity index (χ4v) is 3.96. The Balaban J connectivity index is 1.45. The molecule has 1 aliphatic heterocycles. The van der Waals surface area contributed by atoms with Gasteiger partial charge in [-0.3, -0.25) is 0 Å². The van der Waals surface area contributed by atoms with Crippen LogP contribution < -0.4 is 10.6 Å². The van der Waals surface area contributed by atoms with Gasteiger partial charge in [-0.25, -0.2) is 0 Å². The van der Waals surface area contributed by atoms with Gasteiger partial charge >= 0.3 is 0 Å². The van der Waals surface area contributed by atoms with Crippen LogP contribution in [0.3, 0.4) is 0 Å². The third-order valence-corrected chi connectivity index (χ3v) is 4.88. The second kappa shape index (κ2) is 4.86. The van der Waals surface area contributed by atoms with Crippen LogP contribution in [0.25, 0.3) is 0 Å². The van der Waals surface area contributed by atoms with Crippen LogP contribution in [0.5, 0.6) is 0 Å². The Hall–Kier alpha value is -0.380. The van der Waals surface area contributed by atoms with Crippen molar-refractivity contribution in [2.75, 3.05) is 13.1 Å². The summed E-state index contributed by atoms with van der Waals surface area (Å²) in [6.45, 7) is 3.42. The minimum atomic E-state index is 0.728. The van der Waals surface area contributed by atoms with E-state index in [-0.39, 0.29) is 0 Å². The van der Waals surface area contributed by atoms with Crippen molar-refractivity contribution in [1.82, 2.24) is 10.6 Å². The predicted octanol–water partition coefficient (Wildman–Crippen LogP) is 2.23. The van der Waals surface area contributed by atoms with Gasteiger partial charge in [0.15, 0.2) is 0 Å². The molecule has 2 fully saturated rings. The summed E-state index contributed by atoms with van der Waals surface area (Å²) in [5.74, 6) is 1.93. The monoisotopic (exact) mass is 236 g/mol. The first-order valence-electron chi connectivity index (χ1n) is 6.38. The second-order valence-electron chi connectivity index (χ2n) is 5.13.